The molecule has 116 valence electrons. The van der Waals surface area contributed by atoms with Crippen LogP contribution in [-0.4, -0.2) is 28.3 Å². The zero-order valence-electron chi connectivity index (χ0n) is 13.4. The molecule has 0 aliphatic carbocycles. The summed E-state index contributed by atoms with van der Waals surface area (Å²) in [5.74, 6) is 0.211. The lowest BCUT2D eigenvalue weighted by atomic mass is 10.0. The zero-order valence-corrected chi connectivity index (χ0v) is 13.4. The van der Waals surface area contributed by atoms with Crippen molar-refractivity contribution in [1.29, 1.82) is 0 Å². The van der Waals surface area contributed by atoms with Crippen LogP contribution in [0.15, 0.2) is 18.2 Å². The third kappa shape index (κ3) is 2.39. The highest BCUT2D eigenvalue weighted by Gasteiger charge is 2.25. The summed E-state index contributed by atoms with van der Waals surface area (Å²) < 4.78 is 6.80. The van der Waals surface area contributed by atoms with Crippen molar-refractivity contribution in [1.82, 2.24) is 4.57 Å². The van der Waals surface area contributed by atoms with Crippen molar-refractivity contribution >= 4 is 11.6 Å². The fraction of sp³-hybridized carbons (Fsp3) is 0.294. The molecule has 1 aromatic heterocycles. The van der Waals surface area contributed by atoms with Crippen molar-refractivity contribution in [3.8, 4) is 17.2 Å². The van der Waals surface area contributed by atoms with Crippen LogP contribution in [0, 0.1) is 13.8 Å². The molecular formula is C17H19NO4. The SMILES string of the molecule is COc1ccc(-n2c(C)c(C(C)=O)c(C(C)=O)c2C)c(O)c1. The number of carbonyl (C=O) groups is 2. The summed E-state index contributed by atoms with van der Waals surface area (Å²) in [6.07, 6.45) is 0. The summed E-state index contributed by atoms with van der Waals surface area (Å²) in [4.78, 5) is 23.9. The number of Topliss-reactive ketones (excluding diaryl/α,β-unsaturated/α-hetero) is 2. The highest BCUT2D eigenvalue weighted by molar-refractivity contribution is 6.09. The van der Waals surface area contributed by atoms with E-state index in [2.05, 4.69) is 0 Å². The van der Waals surface area contributed by atoms with E-state index in [0.29, 0.717) is 34.0 Å². The number of ketones is 2. The minimum absolute atomic E-state index is 0.0192. The Hall–Kier alpha value is -2.56. The number of phenolic OH excluding ortho intramolecular Hbond substituents is 1. The third-order valence-electron chi connectivity index (χ3n) is 3.77. The number of aromatic hydroxyl groups is 1. The Labute approximate surface area is 129 Å². The molecule has 0 aliphatic rings. The van der Waals surface area contributed by atoms with Gasteiger partial charge in [0.05, 0.1) is 12.8 Å². The standard InChI is InChI=1S/C17H19NO4/c1-9-16(11(3)19)17(12(4)20)10(2)18(9)14-7-6-13(22-5)8-15(14)21/h6-8,21H,1-5H3. The maximum Gasteiger partial charge on any atom is 0.162 e. The second-order valence-corrected chi connectivity index (χ2v) is 5.22. The highest BCUT2D eigenvalue weighted by atomic mass is 16.5. The molecule has 5 nitrogen and oxygen atoms in total. The van der Waals surface area contributed by atoms with Crippen LogP contribution in [-0.2, 0) is 0 Å². The van der Waals surface area contributed by atoms with Crippen molar-refractivity contribution in [3.05, 3.63) is 40.7 Å². The van der Waals surface area contributed by atoms with Crippen LogP contribution in [0.4, 0.5) is 0 Å². The first-order chi connectivity index (χ1) is 10.3. The van der Waals surface area contributed by atoms with E-state index in [4.69, 9.17) is 4.74 Å². The molecule has 1 heterocycles. The maximum absolute atomic E-state index is 11.9. The molecule has 5 heteroatoms. The van der Waals surface area contributed by atoms with Gasteiger partial charge in [-0.3, -0.25) is 9.59 Å². The summed E-state index contributed by atoms with van der Waals surface area (Å²) in [5, 5.41) is 10.2. The zero-order chi connectivity index (χ0) is 16.6. The maximum atomic E-state index is 11.9. The van der Waals surface area contributed by atoms with Gasteiger partial charge in [-0.2, -0.15) is 0 Å². The molecule has 1 aromatic carbocycles. The predicted molar refractivity (Wildman–Crippen MR) is 83.5 cm³/mol. The number of methoxy groups -OCH3 is 1. The van der Waals surface area contributed by atoms with Crippen molar-refractivity contribution in [2.75, 3.05) is 7.11 Å². The van der Waals surface area contributed by atoms with Crippen LogP contribution in [0.25, 0.3) is 5.69 Å². The summed E-state index contributed by atoms with van der Waals surface area (Å²) in [5.41, 5.74) is 2.58. The van der Waals surface area contributed by atoms with Gasteiger partial charge in [0.25, 0.3) is 0 Å². The van der Waals surface area contributed by atoms with E-state index in [1.54, 1.807) is 30.5 Å². The minimum atomic E-state index is -0.169. The van der Waals surface area contributed by atoms with E-state index in [1.165, 1.54) is 27.0 Å². The van der Waals surface area contributed by atoms with Crippen LogP contribution >= 0.6 is 0 Å². The molecule has 0 bridgehead atoms. The number of hydrogen-bond acceptors (Lipinski definition) is 4. The fourth-order valence-corrected chi connectivity index (χ4v) is 2.88. The first-order valence-corrected chi connectivity index (χ1v) is 6.90. The monoisotopic (exact) mass is 301 g/mol. The van der Waals surface area contributed by atoms with Gasteiger partial charge in [-0.25, -0.2) is 0 Å². The lowest BCUT2D eigenvalue weighted by Gasteiger charge is -2.12. The number of aromatic nitrogens is 1. The first kappa shape index (κ1) is 15.8. The van der Waals surface area contributed by atoms with E-state index in [-0.39, 0.29) is 17.3 Å². The fourth-order valence-electron chi connectivity index (χ4n) is 2.88. The molecule has 0 aliphatic heterocycles. The van der Waals surface area contributed by atoms with Crippen molar-refractivity contribution < 1.29 is 19.4 Å². The Morgan fingerprint density at radius 2 is 1.55 bits per heavy atom. The van der Waals surface area contributed by atoms with Gasteiger partial charge in [0, 0.05) is 28.6 Å². The Kier molecular flexibility index (Phi) is 4.08. The Morgan fingerprint density at radius 1 is 1.05 bits per heavy atom. The van der Waals surface area contributed by atoms with E-state index in [9.17, 15) is 14.7 Å². The Balaban J connectivity index is 2.80. The number of ether oxygens (including phenoxy) is 1. The number of phenols is 1. The van der Waals surface area contributed by atoms with E-state index in [0.717, 1.165) is 0 Å². The van der Waals surface area contributed by atoms with Gasteiger partial charge in [-0.1, -0.05) is 0 Å². The van der Waals surface area contributed by atoms with Crippen molar-refractivity contribution in [2.24, 2.45) is 0 Å². The van der Waals surface area contributed by atoms with Crippen molar-refractivity contribution in [2.45, 2.75) is 27.7 Å². The molecule has 0 saturated heterocycles. The molecule has 0 spiro atoms. The first-order valence-electron chi connectivity index (χ1n) is 6.90. The van der Waals surface area contributed by atoms with Gasteiger partial charge < -0.3 is 14.4 Å². The number of rotatable bonds is 4. The average Bonchev–Trinajstić information content (AvgIpc) is 2.70. The summed E-state index contributed by atoms with van der Waals surface area (Å²) in [6, 6.07) is 4.91. The molecule has 2 aromatic rings. The molecular weight excluding hydrogens is 282 g/mol. The lowest BCUT2D eigenvalue weighted by molar-refractivity contribution is 0.0981. The van der Waals surface area contributed by atoms with Gasteiger partial charge in [-0.15, -0.1) is 0 Å². The van der Waals surface area contributed by atoms with Crippen molar-refractivity contribution in [3.63, 3.8) is 0 Å². The summed E-state index contributed by atoms with van der Waals surface area (Å²) >= 11 is 0. The number of nitrogens with zero attached hydrogens (tertiary/aromatic N) is 1. The number of benzene rings is 1. The second-order valence-electron chi connectivity index (χ2n) is 5.22. The number of hydrogen-bond donors (Lipinski definition) is 1. The van der Waals surface area contributed by atoms with E-state index >= 15 is 0 Å². The van der Waals surface area contributed by atoms with Crippen LogP contribution in [0.2, 0.25) is 0 Å². The van der Waals surface area contributed by atoms with Gasteiger partial charge in [0.1, 0.15) is 11.5 Å². The average molecular weight is 301 g/mol. The molecule has 22 heavy (non-hydrogen) atoms. The molecule has 0 atom stereocenters. The van der Waals surface area contributed by atoms with Gasteiger partial charge in [-0.05, 0) is 39.8 Å². The van der Waals surface area contributed by atoms with Crippen LogP contribution in [0.5, 0.6) is 11.5 Å². The molecule has 0 amide bonds. The minimum Gasteiger partial charge on any atom is -0.506 e. The molecule has 0 unspecified atom stereocenters. The molecule has 0 fully saturated rings. The topological polar surface area (TPSA) is 68.5 Å². The molecule has 1 N–H and O–H groups in total. The normalized spacial score (nSPS) is 10.6. The smallest absolute Gasteiger partial charge is 0.162 e. The quantitative estimate of drug-likeness (QED) is 0.880. The van der Waals surface area contributed by atoms with Crippen LogP contribution in [0.3, 0.4) is 0 Å². The van der Waals surface area contributed by atoms with Gasteiger partial charge in [0.15, 0.2) is 11.6 Å². The van der Waals surface area contributed by atoms with Gasteiger partial charge >= 0.3 is 0 Å². The predicted octanol–water partition coefficient (Wildman–Crippen LogP) is 3.21. The summed E-state index contributed by atoms with van der Waals surface area (Å²) in [6.45, 7) is 6.40. The third-order valence-corrected chi connectivity index (χ3v) is 3.77. The lowest BCUT2D eigenvalue weighted by Crippen LogP contribution is -2.02. The highest BCUT2D eigenvalue weighted by Crippen LogP contribution is 2.33. The second kappa shape index (κ2) is 5.67. The van der Waals surface area contributed by atoms with E-state index < -0.39 is 0 Å². The van der Waals surface area contributed by atoms with Gasteiger partial charge in [0.2, 0.25) is 0 Å². The van der Waals surface area contributed by atoms with Crippen LogP contribution < -0.4 is 4.74 Å². The number of carbonyl (C=O) groups excluding carboxylic acids is 2. The largest absolute Gasteiger partial charge is 0.506 e. The van der Waals surface area contributed by atoms with Crippen LogP contribution in [0.1, 0.15) is 46.0 Å². The molecule has 0 radical (unpaired) electrons. The Morgan fingerprint density at radius 3 is 1.91 bits per heavy atom. The van der Waals surface area contributed by atoms with E-state index in [1.807, 2.05) is 0 Å². The summed E-state index contributed by atoms with van der Waals surface area (Å²) in [7, 11) is 1.52. The molecule has 2 rings (SSSR count). The Bertz CT molecular complexity index is 734. The molecule has 0 saturated carbocycles.